The standard InChI is InChI=1S/C18H29NO4.BrH/c1-2-3-4-6-13-22-15-9-11-16(12-10-15)23-14-7-5-8-17(19)18(20)21;/h9-12,17H,2-8,13-14,19H2,1H3,(H,20,21);1H. The average molecular weight is 404 g/mol. The number of carbonyl (C=O) groups is 1. The predicted octanol–water partition coefficient (Wildman–Crippen LogP) is 4.18. The summed E-state index contributed by atoms with van der Waals surface area (Å²) in [6.45, 7) is 3.51. The lowest BCUT2D eigenvalue weighted by atomic mass is 10.1. The van der Waals surface area contributed by atoms with Crippen LogP contribution in [0.15, 0.2) is 24.3 Å². The van der Waals surface area contributed by atoms with Gasteiger partial charge in [-0.1, -0.05) is 26.2 Å². The molecule has 0 aliphatic carbocycles. The van der Waals surface area contributed by atoms with Crippen molar-refractivity contribution in [3.63, 3.8) is 0 Å². The van der Waals surface area contributed by atoms with Gasteiger partial charge in [0.05, 0.1) is 13.2 Å². The first-order valence-electron chi connectivity index (χ1n) is 8.47. The molecule has 1 rings (SSSR count). The first-order chi connectivity index (χ1) is 11.1. The average Bonchev–Trinajstić information content (AvgIpc) is 2.55. The number of hydrogen-bond acceptors (Lipinski definition) is 4. The van der Waals surface area contributed by atoms with Crippen LogP contribution in [0.4, 0.5) is 0 Å². The number of carboxylic acids is 1. The number of aliphatic carboxylic acids is 1. The Labute approximate surface area is 155 Å². The minimum atomic E-state index is -0.948. The maximum Gasteiger partial charge on any atom is 0.320 e. The van der Waals surface area contributed by atoms with Crippen molar-refractivity contribution in [2.45, 2.75) is 57.9 Å². The molecule has 6 heteroatoms. The van der Waals surface area contributed by atoms with E-state index in [2.05, 4.69) is 6.92 Å². The van der Waals surface area contributed by atoms with Crippen molar-refractivity contribution >= 4 is 23.0 Å². The quantitative estimate of drug-likeness (QED) is 0.482. The SMILES string of the molecule is Br.CCCCCCOc1ccc(OCCCCC(N)C(=O)O)cc1. The molecule has 5 nitrogen and oxygen atoms in total. The lowest BCUT2D eigenvalue weighted by molar-refractivity contribution is -0.138. The Morgan fingerprint density at radius 3 is 1.96 bits per heavy atom. The van der Waals surface area contributed by atoms with Gasteiger partial charge in [-0.2, -0.15) is 0 Å². The number of halogens is 1. The Balaban J connectivity index is 0.00000529. The normalized spacial score (nSPS) is 11.4. The molecule has 1 atom stereocenters. The summed E-state index contributed by atoms with van der Waals surface area (Å²) in [6.07, 6.45) is 6.79. The fourth-order valence-corrected chi connectivity index (χ4v) is 2.13. The first-order valence-corrected chi connectivity index (χ1v) is 8.47. The van der Waals surface area contributed by atoms with E-state index in [0.717, 1.165) is 37.4 Å². The van der Waals surface area contributed by atoms with E-state index in [1.165, 1.54) is 19.3 Å². The van der Waals surface area contributed by atoms with E-state index < -0.39 is 12.0 Å². The van der Waals surface area contributed by atoms with Crippen LogP contribution in [-0.4, -0.2) is 30.3 Å². The van der Waals surface area contributed by atoms with Crippen LogP contribution in [0.2, 0.25) is 0 Å². The second-order valence-electron chi connectivity index (χ2n) is 5.67. The van der Waals surface area contributed by atoms with E-state index in [4.69, 9.17) is 20.3 Å². The predicted molar refractivity (Wildman–Crippen MR) is 101 cm³/mol. The molecule has 0 fully saturated rings. The number of benzene rings is 1. The van der Waals surface area contributed by atoms with Crippen molar-refractivity contribution < 1.29 is 19.4 Å². The molecule has 0 spiro atoms. The molecule has 0 bridgehead atoms. The minimum absolute atomic E-state index is 0. The lowest BCUT2D eigenvalue weighted by Crippen LogP contribution is -2.29. The number of hydrogen-bond donors (Lipinski definition) is 2. The highest BCUT2D eigenvalue weighted by Crippen LogP contribution is 2.18. The number of rotatable bonds is 13. The van der Waals surface area contributed by atoms with E-state index in [1.807, 2.05) is 24.3 Å². The summed E-state index contributed by atoms with van der Waals surface area (Å²) in [5.41, 5.74) is 5.44. The molecule has 1 aromatic carbocycles. The van der Waals surface area contributed by atoms with E-state index >= 15 is 0 Å². The van der Waals surface area contributed by atoms with Crippen molar-refractivity contribution in [3.05, 3.63) is 24.3 Å². The highest BCUT2D eigenvalue weighted by molar-refractivity contribution is 8.93. The van der Waals surface area contributed by atoms with Gasteiger partial charge in [-0.15, -0.1) is 17.0 Å². The van der Waals surface area contributed by atoms with Crippen molar-refractivity contribution in [3.8, 4) is 11.5 Å². The monoisotopic (exact) mass is 403 g/mol. The third-order valence-electron chi connectivity index (χ3n) is 3.59. The highest BCUT2D eigenvalue weighted by atomic mass is 79.9. The van der Waals surface area contributed by atoms with Gasteiger partial charge in [0, 0.05) is 0 Å². The van der Waals surface area contributed by atoms with Crippen molar-refractivity contribution in [2.24, 2.45) is 5.73 Å². The van der Waals surface area contributed by atoms with Crippen molar-refractivity contribution in [1.82, 2.24) is 0 Å². The van der Waals surface area contributed by atoms with Gasteiger partial charge >= 0.3 is 5.97 Å². The molecule has 0 aliphatic heterocycles. The molecule has 0 saturated carbocycles. The zero-order valence-corrected chi connectivity index (χ0v) is 16.1. The third kappa shape index (κ3) is 10.5. The molecular formula is C18H30BrNO4. The molecule has 1 aromatic rings. The van der Waals surface area contributed by atoms with Crippen LogP contribution < -0.4 is 15.2 Å². The summed E-state index contributed by atoms with van der Waals surface area (Å²) in [5.74, 6) is 0.711. The van der Waals surface area contributed by atoms with E-state index in [-0.39, 0.29) is 17.0 Å². The van der Waals surface area contributed by atoms with Gasteiger partial charge in [-0.05, 0) is 49.9 Å². The van der Waals surface area contributed by atoms with Gasteiger partial charge in [-0.3, -0.25) is 4.79 Å². The maximum atomic E-state index is 10.6. The number of unbranched alkanes of at least 4 members (excludes halogenated alkanes) is 4. The smallest absolute Gasteiger partial charge is 0.320 e. The summed E-state index contributed by atoms with van der Waals surface area (Å²) in [7, 11) is 0. The molecule has 0 saturated heterocycles. The molecule has 0 aromatic heterocycles. The zero-order chi connectivity index (χ0) is 16.9. The van der Waals surface area contributed by atoms with Gasteiger partial charge in [0.2, 0.25) is 0 Å². The van der Waals surface area contributed by atoms with Crippen LogP contribution in [-0.2, 0) is 4.79 Å². The van der Waals surface area contributed by atoms with Gasteiger partial charge < -0.3 is 20.3 Å². The molecule has 0 heterocycles. The largest absolute Gasteiger partial charge is 0.494 e. The lowest BCUT2D eigenvalue weighted by Gasteiger charge is -2.09. The van der Waals surface area contributed by atoms with Crippen LogP contribution in [0.25, 0.3) is 0 Å². The van der Waals surface area contributed by atoms with Gasteiger partial charge in [0.25, 0.3) is 0 Å². The molecule has 0 amide bonds. The van der Waals surface area contributed by atoms with Crippen molar-refractivity contribution in [1.29, 1.82) is 0 Å². The molecule has 1 unspecified atom stereocenters. The van der Waals surface area contributed by atoms with Crippen LogP contribution in [0, 0.1) is 0 Å². The van der Waals surface area contributed by atoms with Gasteiger partial charge in [-0.25, -0.2) is 0 Å². The summed E-state index contributed by atoms with van der Waals surface area (Å²) >= 11 is 0. The van der Waals surface area contributed by atoms with Crippen LogP contribution >= 0.6 is 17.0 Å². The fourth-order valence-electron chi connectivity index (χ4n) is 2.13. The molecule has 138 valence electrons. The number of ether oxygens (including phenoxy) is 2. The van der Waals surface area contributed by atoms with E-state index in [0.29, 0.717) is 13.0 Å². The Bertz CT molecular complexity index is 439. The third-order valence-corrected chi connectivity index (χ3v) is 3.59. The second-order valence-corrected chi connectivity index (χ2v) is 5.67. The van der Waals surface area contributed by atoms with Crippen LogP contribution in [0.3, 0.4) is 0 Å². The second kappa shape index (κ2) is 14.1. The molecule has 0 radical (unpaired) electrons. The first kappa shape index (κ1) is 22.7. The highest BCUT2D eigenvalue weighted by Gasteiger charge is 2.09. The Hall–Kier alpha value is -1.27. The van der Waals surface area contributed by atoms with Crippen molar-refractivity contribution in [2.75, 3.05) is 13.2 Å². The summed E-state index contributed by atoms with van der Waals surface area (Å²) in [5, 5.41) is 8.68. The maximum absolute atomic E-state index is 10.6. The zero-order valence-electron chi connectivity index (χ0n) is 14.4. The molecule has 3 N–H and O–H groups in total. The Morgan fingerprint density at radius 1 is 1.00 bits per heavy atom. The molecule has 0 aliphatic rings. The minimum Gasteiger partial charge on any atom is -0.494 e. The summed E-state index contributed by atoms with van der Waals surface area (Å²) in [6, 6.07) is 6.84. The summed E-state index contributed by atoms with van der Waals surface area (Å²) < 4.78 is 11.3. The van der Waals surface area contributed by atoms with Gasteiger partial charge in [0.15, 0.2) is 0 Å². The van der Waals surface area contributed by atoms with Crippen LogP contribution in [0.5, 0.6) is 11.5 Å². The fraction of sp³-hybridized carbons (Fsp3) is 0.611. The van der Waals surface area contributed by atoms with E-state index in [1.54, 1.807) is 0 Å². The number of nitrogens with two attached hydrogens (primary N) is 1. The van der Waals surface area contributed by atoms with E-state index in [9.17, 15) is 4.79 Å². The number of carboxylic acid groups (broad SMARTS) is 1. The van der Waals surface area contributed by atoms with Crippen LogP contribution in [0.1, 0.15) is 51.9 Å². The Morgan fingerprint density at radius 2 is 1.50 bits per heavy atom. The topological polar surface area (TPSA) is 81.8 Å². The Kier molecular flexibility index (Phi) is 13.4. The van der Waals surface area contributed by atoms with Gasteiger partial charge in [0.1, 0.15) is 17.5 Å². The molecular weight excluding hydrogens is 374 g/mol. The molecule has 24 heavy (non-hydrogen) atoms. The summed E-state index contributed by atoms with van der Waals surface area (Å²) in [4.78, 5) is 10.6.